The number of amides is 1. The van der Waals surface area contributed by atoms with Crippen LogP contribution in [0, 0.1) is 6.92 Å². The molecule has 7 heteroatoms. The van der Waals surface area contributed by atoms with Crippen molar-refractivity contribution in [2.45, 2.75) is 38.0 Å². The maximum Gasteiger partial charge on any atom is 0.392 e. The summed E-state index contributed by atoms with van der Waals surface area (Å²) in [5.74, 6) is -0.444. The number of likely N-dealkylation sites (N-methyl/N-ethyl adjacent to an activating group) is 1. The number of rotatable bonds is 6. The molecule has 156 valence electrons. The summed E-state index contributed by atoms with van der Waals surface area (Å²) in [7, 11) is 2.08. The molecule has 3 rings (SSSR count). The predicted octanol–water partition coefficient (Wildman–Crippen LogP) is 4.02. The first-order chi connectivity index (χ1) is 13.7. The fraction of sp³-hybridized carbons (Fsp3) is 0.409. The molecule has 1 aromatic rings. The van der Waals surface area contributed by atoms with Gasteiger partial charge in [0.2, 0.25) is 0 Å². The zero-order valence-electron chi connectivity index (χ0n) is 16.7. The second-order valence-corrected chi connectivity index (χ2v) is 7.71. The smallest absolute Gasteiger partial charge is 0.366 e. The van der Waals surface area contributed by atoms with E-state index in [4.69, 9.17) is 0 Å². The van der Waals surface area contributed by atoms with Crippen LogP contribution in [0.4, 0.5) is 13.2 Å². The molecular weight excluding hydrogens is 379 g/mol. The molecule has 1 N–H and O–H groups in total. The van der Waals surface area contributed by atoms with Gasteiger partial charge in [0.15, 0.2) is 0 Å². The zero-order chi connectivity index (χ0) is 21.2. The molecule has 2 heterocycles. The summed E-state index contributed by atoms with van der Waals surface area (Å²) in [5, 5.41) is 2.63. The van der Waals surface area contributed by atoms with Gasteiger partial charge in [-0.3, -0.25) is 9.69 Å². The SMILES string of the molecule is C=C/C(=C\C(=C/CC(F)(F)F)NC(=O)c1ccc(C)cc1)N1CC2CC1CN2C. The lowest BCUT2D eigenvalue weighted by molar-refractivity contribution is -0.125. The molecule has 2 atom stereocenters. The number of aryl methyl sites for hydroxylation is 1. The minimum absolute atomic E-state index is 0.124. The van der Waals surface area contributed by atoms with E-state index in [2.05, 4.69) is 28.7 Å². The van der Waals surface area contributed by atoms with E-state index in [-0.39, 0.29) is 5.70 Å². The number of alkyl halides is 3. The Morgan fingerprint density at radius 1 is 1.24 bits per heavy atom. The normalized spacial score (nSPS) is 22.9. The van der Waals surface area contributed by atoms with E-state index in [0.717, 1.165) is 36.8 Å². The van der Waals surface area contributed by atoms with E-state index < -0.39 is 18.5 Å². The number of piperazine rings is 1. The maximum absolute atomic E-state index is 12.8. The molecule has 2 unspecified atom stereocenters. The monoisotopic (exact) mass is 405 g/mol. The van der Waals surface area contributed by atoms with Gasteiger partial charge in [0.25, 0.3) is 5.91 Å². The second-order valence-electron chi connectivity index (χ2n) is 7.71. The number of carbonyl (C=O) groups excluding carboxylic acids is 1. The van der Waals surface area contributed by atoms with Gasteiger partial charge in [-0.25, -0.2) is 0 Å². The van der Waals surface area contributed by atoms with Gasteiger partial charge in [-0.2, -0.15) is 13.2 Å². The Balaban J connectivity index is 1.82. The van der Waals surface area contributed by atoms with Crippen molar-refractivity contribution in [1.82, 2.24) is 15.1 Å². The van der Waals surface area contributed by atoms with Gasteiger partial charge in [-0.05, 0) is 44.7 Å². The first-order valence-electron chi connectivity index (χ1n) is 9.62. The third-order valence-electron chi connectivity index (χ3n) is 5.48. The average molecular weight is 405 g/mol. The molecule has 1 aromatic carbocycles. The standard InChI is InChI=1S/C22H26F3N3O/c1-4-18(28-14-19-12-20(28)13-27(19)3)11-17(9-10-22(23,24)25)26-21(29)16-7-5-15(2)6-8-16/h4-9,11,19-20H,1,10,12-14H2,2-3H3,(H,26,29)/b17-9+,18-11+. The number of nitrogens with zero attached hydrogens (tertiary/aromatic N) is 2. The summed E-state index contributed by atoms with van der Waals surface area (Å²) in [6, 6.07) is 7.63. The highest BCUT2D eigenvalue weighted by atomic mass is 19.4. The average Bonchev–Trinajstić information content (AvgIpc) is 3.23. The first kappa shape index (κ1) is 21.2. The fourth-order valence-corrected chi connectivity index (χ4v) is 3.88. The summed E-state index contributed by atoms with van der Waals surface area (Å²) >= 11 is 0. The molecule has 0 radical (unpaired) electrons. The summed E-state index contributed by atoms with van der Waals surface area (Å²) in [6.45, 7) is 7.44. The highest BCUT2D eigenvalue weighted by molar-refractivity contribution is 5.95. The van der Waals surface area contributed by atoms with Crippen molar-refractivity contribution in [1.29, 1.82) is 0 Å². The molecule has 0 aromatic heterocycles. The molecular formula is C22H26F3N3O. The number of hydrogen-bond acceptors (Lipinski definition) is 3. The lowest BCUT2D eigenvalue weighted by atomic mass is 10.1. The van der Waals surface area contributed by atoms with Crippen LogP contribution in [0.3, 0.4) is 0 Å². The van der Waals surface area contributed by atoms with Crippen molar-refractivity contribution >= 4 is 5.91 Å². The Morgan fingerprint density at radius 3 is 2.45 bits per heavy atom. The molecule has 1 amide bonds. The van der Waals surface area contributed by atoms with E-state index >= 15 is 0 Å². The van der Waals surface area contributed by atoms with Crippen molar-refractivity contribution in [3.8, 4) is 0 Å². The quantitative estimate of drug-likeness (QED) is 0.727. The van der Waals surface area contributed by atoms with Gasteiger partial charge in [0.05, 0.1) is 6.42 Å². The minimum Gasteiger partial charge on any atom is -0.366 e. The Morgan fingerprint density at radius 2 is 1.93 bits per heavy atom. The Bertz CT molecular complexity index is 825. The van der Waals surface area contributed by atoms with Crippen molar-refractivity contribution in [2.75, 3.05) is 20.1 Å². The van der Waals surface area contributed by atoms with Gasteiger partial charge in [-0.1, -0.05) is 30.4 Å². The molecule has 0 aliphatic carbocycles. The van der Waals surface area contributed by atoms with Crippen LogP contribution in [0.5, 0.6) is 0 Å². The van der Waals surface area contributed by atoms with Crippen LogP contribution in [0.2, 0.25) is 0 Å². The Hall–Kier alpha value is -2.54. The lowest BCUT2D eigenvalue weighted by Gasteiger charge is -2.34. The molecule has 2 bridgehead atoms. The Labute approximate surface area is 169 Å². The predicted molar refractivity (Wildman–Crippen MR) is 107 cm³/mol. The molecule has 0 saturated carbocycles. The maximum atomic E-state index is 12.8. The largest absolute Gasteiger partial charge is 0.392 e. The number of nitrogens with one attached hydrogen (secondary N) is 1. The molecule has 2 fully saturated rings. The third-order valence-corrected chi connectivity index (χ3v) is 5.48. The first-order valence-corrected chi connectivity index (χ1v) is 9.62. The second kappa shape index (κ2) is 8.45. The van der Waals surface area contributed by atoms with Crippen LogP contribution in [0.1, 0.15) is 28.8 Å². The molecule has 2 aliphatic heterocycles. The van der Waals surface area contributed by atoms with Crippen LogP contribution in [0.25, 0.3) is 0 Å². The Kier molecular flexibility index (Phi) is 6.17. The van der Waals surface area contributed by atoms with Gasteiger partial charge < -0.3 is 10.2 Å². The van der Waals surface area contributed by atoms with Gasteiger partial charge in [-0.15, -0.1) is 0 Å². The van der Waals surface area contributed by atoms with Crippen LogP contribution in [-0.2, 0) is 0 Å². The number of benzene rings is 1. The summed E-state index contributed by atoms with van der Waals surface area (Å²) in [5.41, 5.74) is 2.24. The van der Waals surface area contributed by atoms with Crippen LogP contribution < -0.4 is 5.32 Å². The van der Waals surface area contributed by atoms with E-state index in [1.807, 2.05) is 6.92 Å². The summed E-state index contributed by atoms with van der Waals surface area (Å²) in [6.07, 6.45) is -0.204. The number of fused-ring (bicyclic) bond motifs is 2. The van der Waals surface area contributed by atoms with Crippen molar-refractivity contribution < 1.29 is 18.0 Å². The zero-order valence-corrected chi connectivity index (χ0v) is 16.7. The number of likely N-dealkylation sites (tertiary alicyclic amines) is 2. The summed E-state index contributed by atoms with van der Waals surface area (Å²) < 4.78 is 38.4. The van der Waals surface area contributed by atoms with Crippen LogP contribution in [0.15, 0.2) is 60.5 Å². The highest BCUT2D eigenvalue weighted by Gasteiger charge is 2.41. The fourth-order valence-electron chi connectivity index (χ4n) is 3.88. The minimum atomic E-state index is -4.35. The van der Waals surface area contributed by atoms with Gasteiger partial charge >= 0.3 is 6.18 Å². The molecule has 2 saturated heterocycles. The number of hydrogen-bond donors (Lipinski definition) is 1. The van der Waals surface area contributed by atoms with E-state index in [1.54, 1.807) is 36.4 Å². The molecule has 29 heavy (non-hydrogen) atoms. The van der Waals surface area contributed by atoms with Crippen molar-refractivity contribution in [3.63, 3.8) is 0 Å². The molecule has 4 nitrogen and oxygen atoms in total. The van der Waals surface area contributed by atoms with Crippen LogP contribution >= 0.6 is 0 Å². The topological polar surface area (TPSA) is 35.6 Å². The lowest BCUT2D eigenvalue weighted by Crippen LogP contribution is -2.43. The van der Waals surface area contributed by atoms with Gasteiger partial charge in [0.1, 0.15) is 0 Å². The number of halogens is 3. The van der Waals surface area contributed by atoms with Gasteiger partial charge in [0, 0.05) is 42.1 Å². The van der Waals surface area contributed by atoms with E-state index in [1.165, 1.54) is 0 Å². The van der Waals surface area contributed by atoms with Crippen LogP contribution in [-0.4, -0.2) is 54.1 Å². The van der Waals surface area contributed by atoms with E-state index in [0.29, 0.717) is 17.6 Å². The highest BCUT2D eigenvalue weighted by Crippen LogP contribution is 2.33. The van der Waals surface area contributed by atoms with Crippen molar-refractivity contribution in [3.05, 3.63) is 71.6 Å². The summed E-state index contributed by atoms with van der Waals surface area (Å²) in [4.78, 5) is 17.0. The number of carbonyl (C=O) groups is 1. The molecule has 0 spiro atoms. The third kappa shape index (κ3) is 5.29. The number of allylic oxidation sites excluding steroid dienone is 3. The van der Waals surface area contributed by atoms with E-state index in [9.17, 15) is 18.0 Å². The van der Waals surface area contributed by atoms with Crippen molar-refractivity contribution in [2.24, 2.45) is 0 Å². The molecule has 2 aliphatic rings.